The van der Waals surface area contributed by atoms with E-state index < -0.39 is 5.41 Å². The molecule has 0 N–H and O–H groups in total. The third-order valence-corrected chi connectivity index (χ3v) is 15.3. The monoisotopic (exact) mass is 928 g/mol. The molecular formula is C71H48N2. The summed E-state index contributed by atoms with van der Waals surface area (Å²) in [7, 11) is 0. The molecule has 342 valence electrons. The Kier molecular flexibility index (Phi) is 10.1. The van der Waals surface area contributed by atoms with Crippen LogP contribution in [0.25, 0.3) is 82.8 Å². The largest absolute Gasteiger partial charge is 0.310 e. The number of anilines is 3. The molecule has 0 saturated heterocycles. The lowest BCUT2D eigenvalue weighted by Crippen LogP contribution is -2.29. The second-order valence-electron chi connectivity index (χ2n) is 19.2. The van der Waals surface area contributed by atoms with E-state index in [4.69, 9.17) is 0 Å². The fourth-order valence-electron chi connectivity index (χ4n) is 12.0. The zero-order chi connectivity index (χ0) is 48.3. The van der Waals surface area contributed by atoms with Gasteiger partial charge in [0.25, 0.3) is 0 Å². The minimum atomic E-state index is -0.549. The average Bonchev–Trinajstić information content (AvgIpc) is 4.03. The molecule has 1 aliphatic carbocycles. The normalized spacial score (nSPS) is 12.5. The van der Waals surface area contributed by atoms with Gasteiger partial charge in [0, 0.05) is 33.1 Å². The van der Waals surface area contributed by atoms with Gasteiger partial charge in [0.2, 0.25) is 0 Å². The summed E-state index contributed by atoms with van der Waals surface area (Å²) in [6.45, 7) is 0. The average molecular weight is 929 g/mol. The lowest BCUT2D eigenvalue weighted by atomic mass is 9.67. The molecule has 13 aromatic rings. The Hall–Kier alpha value is -9.50. The molecule has 0 unspecified atom stereocenters. The first kappa shape index (κ1) is 42.4. The minimum absolute atomic E-state index is 0.549. The quantitative estimate of drug-likeness (QED) is 0.140. The molecule has 0 fully saturated rings. The van der Waals surface area contributed by atoms with Gasteiger partial charge in [-0.15, -0.1) is 0 Å². The number of aromatic nitrogens is 1. The highest BCUT2D eigenvalue weighted by Gasteiger charge is 2.48. The lowest BCUT2D eigenvalue weighted by Gasteiger charge is -2.35. The molecule has 2 nitrogen and oxygen atoms in total. The number of hydrogen-bond acceptors (Lipinski definition) is 1. The number of fused-ring (bicyclic) bond motifs is 7. The maximum atomic E-state index is 2.54. The predicted octanol–water partition coefficient (Wildman–Crippen LogP) is 18.8. The van der Waals surface area contributed by atoms with Crippen LogP contribution < -0.4 is 4.90 Å². The first-order valence-electron chi connectivity index (χ1n) is 25.2. The number of rotatable bonds is 9. The first-order chi connectivity index (χ1) is 36.2. The molecule has 1 heterocycles. The smallest absolute Gasteiger partial charge is 0.0734 e. The van der Waals surface area contributed by atoms with Crippen LogP contribution in [0.1, 0.15) is 22.3 Å². The Morgan fingerprint density at radius 3 is 1.56 bits per heavy atom. The van der Waals surface area contributed by atoms with Crippen molar-refractivity contribution < 1.29 is 0 Å². The molecule has 0 aliphatic heterocycles. The van der Waals surface area contributed by atoms with E-state index in [9.17, 15) is 0 Å². The predicted molar refractivity (Wildman–Crippen MR) is 307 cm³/mol. The van der Waals surface area contributed by atoms with Crippen molar-refractivity contribution in [1.29, 1.82) is 0 Å². The van der Waals surface area contributed by atoms with Crippen molar-refractivity contribution in [2.75, 3.05) is 4.90 Å². The molecule has 0 atom stereocenters. The molecule has 1 aliphatic rings. The van der Waals surface area contributed by atoms with Gasteiger partial charge in [-0.2, -0.15) is 0 Å². The standard InChI is InChI=1S/C71H48N2/c1-4-19-49(20-5-1)50-41-44-58(45-42-50)72(66-35-17-22-53-21-10-11-29-60(53)66)59-28-16-23-54(47-59)51-37-39-52(40-38-51)55-43-46-63-62-31-13-15-34-67(62)73(69(63)48-55)68-36-18-32-64-61-30-12-14-33-65(61)71(70(64)68,56-24-6-2-7-25-56)57-26-8-3-9-27-57/h1-48H. The van der Waals surface area contributed by atoms with E-state index in [0.717, 1.165) is 28.2 Å². The van der Waals surface area contributed by atoms with Crippen molar-refractivity contribution in [3.05, 3.63) is 313 Å². The Morgan fingerprint density at radius 2 is 0.808 bits per heavy atom. The van der Waals surface area contributed by atoms with Gasteiger partial charge in [0.1, 0.15) is 0 Å². The molecule has 73 heavy (non-hydrogen) atoms. The van der Waals surface area contributed by atoms with Crippen LogP contribution in [-0.4, -0.2) is 4.57 Å². The van der Waals surface area contributed by atoms with Crippen LogP contribution in [0, 0.1) is 0 Å². The van der Waals surface area contributed by atoms with Crippen molar-refractivity contribution >= 4 is 49.6 Å². The summed E-state index contributed by atoms with van der Waals surface area (Å²) in [6, 6.07) is 107. The van der Waals surface area contributed by atoms with Gasteiger partial charge >= 0.3 is 0 Å². The topological polar surface area (TPSA) is 8.17 Å². The van der Waals surface area contributed by atoms with E-state index in [-0.39, 0.29) is 0 Å². The Balaban J connectivity index is 0.884. The van der Waals surface area contributed by atoms with Crippen molar-refractivity contribution in [2.45, 2.75) is 5.41 Å². The van der Waals surface area contributed by atoms with E-state index in [1.165, 1.54) is 93.9 Å². The summed E-state index contributed by atoms with van der Waals surface area (Å²) in [4.78, 5) is 2.40. The van der Waals surface area contributed by atoms with Crippen LogP contribution >= 0.6 is 0 Å². The summed E-state index contributed by atoms with van der Waals surface area (Å²) >= 11 is 0. The molecule has 12 aromatic carbocycles. The van der Waals surface area contributed by atoms with Gasteiger partial charge in [0.05, 0.1) is 27.8 Å². The Labute approximate surface area is 426 Å². The number of benzene rings is 12. The molecule has 2 heteroatoms. The number of nitrogens with zero attached hydrogens (tertiary/aromatic N) is 2. The van der Waals surface area contributed by atoms with E-state index in [1.54, 1.807) is 0 Å². The Morgan fingerprint density at radius 1 is 0.301 bits per heavy atom. The van der Waals surface area contributed by atoms with Gasteiger partial charge in [0.15, 0.2) is 0 Å². The third kappa shape index (κ3) is 6.87. The molecule has 0 radical (unpaired) electrons. The number of para-hydroxylation sites is 1. The van der Waals surface area contributed by atoms with Crippen LogP contribution in [0.2, 0.25) is 0 Å². The maximum absolute atomic E-state index is 2.54. The molecular weight excluding hydrogens is 881 g/mol. The summed E-state index contributed by atoms with van der Waals surface area (Å²) in [5, 5.41) is 4.89. The van der Waals surface area contributed by atoms with Gasteiger partial charge in [-0.05, 0) is 115 Å². The zero-order valence-corrected chi connectivity index (χ0v) is 40.1. The minimum Gasteiger partial charge on any atom is -0.310 e. The lowest BCUT2D eigenvalue weighted by molar-refractivity contribution is 0.762. The fourth-order valence-corrected chi connectivity index (χ4v) is 12.0. The Bertz CT molecular complexity index is 4130. The van der Waals surface area contributed by atoms with Crippen LogP contribution in [0.15, 0.2) is 291 Å². The van der Waals surface area contributed by atoms with Crippen molar-refractivity contribution in [1.82, 2.24) is 4.57 Å². The summed E-state index contributed by atoms with van der Waals surface area (Å²) in [6.07, 6.45) is 0. The summed E-state index contributed by atoms with van der Waals surface area (Å²) in [5.74, 6) is 0. The van der Waals surface area contributed by atoms with Gasteiger partial charge in [-0.25, -0.2) is 0 Å². The molecule has 0 bridgehead atoms. The third-order valence-electron chi connectivity index (χ3n) is 15.3. The number of hydrogen-bond donors (Lipinski definition) is 0. The fraction of sp³-hybridized carbons (Fsp3) is 0.0141. The molecule has 1 aromatic heterocycles. The van der Waals surface area contributed by atoms with E-state index >= 15 is 0 Å². The van der Waals surface area contributed by atoms with Gasteiger partial charge in [-0.1, -0.05) is 243 Å². The summed E-state index contributed by atoms with van der Waals surface area (Å²) in [5.41, 5.74) is 21.1. The van der Waals surface area contributed by atoms with Crippen molar-refractivity contribution in [3.8, 4) is 50.2 Å². The van der Waals surface area contributed by atoms with Crippen LogP contribution in [0.5, 0.6) is 0 Å². The van der Waals surface area contributed by atoms with Crippen LogP contribution in [0.3, 0.4) is 0 Å². The SMILES string of the molecule is c1ccc(-c2ccc(N(c3cccc(-c4ccc(-c5ccc6c7ccccc7n(-c7cccc8c7C(c7ccccc7)(c7ccccc7)c7ccccc7-8)c6c5)cc4)c3)c3cccc4ccccc34)cc2)cc1. The van der Waals surface area contributed by atoms with E-state index in [1.807, 2.05) is 0 Å². The first-order valence-corrected chi connectivity index (χ1v) is 25.2. The highest BCUT2D eigenvalue weighted by Crippen LogP contribution is 2.58. The van der Waals surface area contributed by atoms with E-state index in [2.05, 4.69) is 301 Å². The molecule has 0 spiro atoms. The molecule has 0 amide bonds. The van der Waals surface area contributed by atoms with Gasteiger partial charge in [-0.3, -0.25) is 0 Å². The zero-order valence-electron chi connectivity index (χ0n) is 40.1. The van der Waals surface area contributed by atoms with Crippen molar-refractivity contribution in [2.24, 2.45) is 0 Å². The molecule has 14 rings (SSSR count). The highest BCUT2D eigenvalue weighted by atomic mass is 15.1. The molecule has 0 saturated carbocycles. The van der Waals surface area contributed by atoms with Crippen LogP contribution in [0.4, 0.5) is 17.1 Å². The van der Waals surface area contributed by atoms with Gasteiger partial charge < -0.3 is 9.47 Å². The van der Waals surface area contributed by atoms with E-state index in [0.29, 0.717) is 0 Å². The highest BCUT2D eigenvalue weighted by molar-refractivity contribution is 6.11. The summed E-state index contributed by atoms with van der Waals surface area (Å²) < 4.78 is 2.54. The maximum Gasteiger partial charge on any atom is 0.0734 e. The van der Waals surface area contributed by atoms with Crippen molar-refractivity contribution in [3.63, 3.8) is 0 Å². The van der Waals surface area contributed by atoms with Crippen LogP contribution in [-0.2, 0) is 5.41 Å². The second-order valence-corrected chi connectivity index (χ2v) is 19.2. The second kappa shape index (κ2) is 17.4.